The number of carbonyl (C=O) groups is 2. The third-order valence-electron chi connectivity index (χ3n) is 4.34. The van der Waals surface area contributed by atoms with Gasteiger partial charge in [0.1, 0.15) is 0 Å². The Morgan fingerprint density at radius 2 is 1.62 bits per heavy atom. The Hall–Kier alpha value is -2.93. The van der Waals surface area contributed by atoms with Crippen LogP contribution in [0.1, 0.15) is 25.5 Å². The Morgan fingerprint density at radius 1 is 1.00 bits per heavy atom. The summed E-state index contributed by atoms with van der Waals surface area (Å²) in [7, 11) is 0. The molecule has 0 saturated heterocycles. The van der Waals surface area contributed by atoms with E-state index in [0.29, 0.717) is 27.8 Å². The molecule has 0 amide bonds. The van der Waals surface area contributed by atoms with Gasteiger partial charge in [-0.2, -0.15) is 0 Å². The predicted molar refractivity (Wildman–Crippen MR) is 107 cm³/mol. The fourth-order valence-corrected chi connectivity index (χ4v) is 3.15. The molecule has 0 spiro atoms. The van der Waals surface area contributed by atoms with Crippen molar-refractivity contribution < 1.29 is 28.5 Å². The normalized spacial score (nSPS) is 13.1. The molecule has 29 heavy (non-hydrogen) atoms. The summed E-state index contributed by atoms with van der Waals surface area (Å²) in [5.41, 5.74) is 1.32. The molecule has 7 nitrogen and oxygen atoms in total. The first kappa shape index (κ1) is 20.8. The van der Waals surface area contributed by atoms with E-state index in [9.17, 15) is 9.59 Å². The zero-order valence-electron chi connectivity index (χ0n) is 16.1. The Labute approximate surface area is 173 Å². The van der Waals surface area contributed by atoms with Gasteiger partial charge >= 0.3 is 11.9 Å². The van der Waals surface area contributed by atoms with Crippen molar-refractivity contribution in [1.82, 2.24) is 0 Å². The Bertz CT molecular complexity index is 852. The summed E-state index contributed by atoms with van der Waals surface area (Å²) < 4.78 is 21.1. The zero-order valence-corrected chi connectivity index (χ0v) is 16.9. The van der Waals surface area contributed by atoms with E-state index in [0.717, 1.165) is 0 Å². The highest BCUT2D eigenvalue weighted by Crippen LogP contribution is 2.37. The first-order valence-corrected chi connectivity index (χ1v) is 9.66. The second-order valence-electron chi connectivity index (χ2n) is 6.22. The lowest BCUT2D eigenvalue weighted by Gasteiger charge is -2.26. The lowest BCUT2D eigenvalue weighted by molar-refractivity contribution is -0.162. The Morgan fingerprint density at radius 3 is 2.24 bits per heavy atom. The SMILES string of the molecule is CCOC(=O)C(C(=O)OCC)C(Nc1ccc(Cl)cc1)c1ccc2c(c1)OCO2. The Balaban J connectivity index is 2.02. The first-order chi connectivity index (χ1) is 14.0. The van der Waals surface area contributed by atoms with Crippen molar-refractivity contribution in [2.75, 3.05) is 25.3 Å². The molecule has 0 bridgehead atoms. The molecule has 0 saturated carbocycles. The smallest absolute Gasteiger partial charge is 0.322 e. The van der Waals surface area contributed by atoms with Crippen molar-refractivity contribution in [2.45, 2.75) is 19.9 Å². The van der Waals surface area contributed by atoms with Crippen LogP contribution in [0.3, 0.4) is 0 Å². The molecular formula is C21H22ClNO6. The number of anilines is 1. The Kier molecular flexibility index (Phi) is 6.82. The number of rotatable bonds is 8. The zero-order chi connectivity index (χ0) is 20.8. The number of hydrogen-bond acceptors (Lipinski definition) is 7. The van der Waals surface area contributed by atoms with Crippen LogP contribution in [-0.4, -0.2) is 31.9 Å². The van der Waals surface area contributed by atoms with Crippen molar-refractivity contribution in [3.05, 3.63) is 53.1 Å². The average Bonchev–Trinajstić information content (AvgIpc) is 3.17. The molecule has 0 aliphatic carbocycles. The van der Waals surface area contributed by atoms with Crippen LogP contribution in [0.25, 0.3) is 0 Å². The molecule has 1 heterocycles. The van der Waals surface area contributed by atoms with Gasteiger partial charge in [-0.05, 0) is 55.8 Å². The van der Waals surface area contributed by atoms with Crippen LogP contribution in [0.2, 0.25) is 5.02 Å². The van der Waals surface area contributed by atoms with Crippen molar-refractivity contribution in [3.63, 3.8) is 0 Å². The highest BCUT2D eigenvalue weighted by Gasteiger charge is 2.39. The molecule has 1 aliphatic rings. The van der Waals surface area contributed by atoms with E-state index in [2.05, 4.69) is 5.32 Å². The summed E-state index contributed by atoms with van der Waals surface area (Å²) in [6.45, 7) is 3.77. The van der Waals surface area contributed by atoms with Crippen LogP contribution in [0.15, 0.2) is 42.5 Å². The van der Waals surface area contributed by atoms with E-state index in [-0.39, 0.29) is 20.0 Å². The standard InChI is InChI=1S/C21H22ClNO6/c1-3-26-20(24)18(21(25)27-4-2)19(23-15-8-6-14(22)7-9-15)13-5-10-16-17(11-13)29-12-28-16/h5-11,18-19,23H,3-4,12H2,1-2H3. The molecule has 2 aromatic rings. The van der Waals surface area contributed by atoms with Crippen molar-refractivity contribution in [1.29, 1.82) is 0 Å². The van der Waals surface area contributed by atoms with E-state index in [1.165, 1.54) is 0 Å². The third-order valence-corrected chi connectivity index (χ3v) is 4.59. The first-order valence-electron chi connectivity index (χ1n) is 9.28. The quantitative estimate of drug-likeness (QED) is 0.512. The molecule has 1 N–H and O–H groups in total. The summed E-state index contributed by atoms with van der Waals surface area (Å²) in [4.78, 5) is 25.4. The molecule has 8 heteroatoms. The van der Waals surface area contributed by atoms with Crippen LogP contribution in [0.4, 0.5) is 5.69 Å². The topological polar surface area (TPSA) is 83.1 Å². The van der Waals surface area contributed by atoms with Crippen LogP contribution in [-0.2, 0) is 19.1 Å². The predicted octanol–water partition coefficient (Wildman–Crippen LogP) is 3.96. The van der Waals surface area contributed by atoms with Gasteiger partial charge in [-0.3, -0.25) is 9.59 Å². The molecule has 154 valence electrons. The van der Waals surface area contributed by atoms with Gasteiger partial charge in [0.05, 0.1) is 19.3 Å². The van der Waals surface area contributed by atoms with Crippen LogP contribution in [0.5, 0.6) is 11.5 Å². The molecule has 0 radical (unpaired) electrons. The minimum atomic E-state index is -1.22. The number of hydrogen-bond donors (Lipinski definition) is 1. The average molecular weight is 420 g/mol. The number of esters is 2. The summed E-state index contributed by atoms with van der Waals surface area (Å²) >= 11 is 5.97. The molecule has 2 aromatic carbocycles. The van der Waals surface area contributed by atoms with Gasteiger partial charge in [0.2, 0.25) is 6.79 Å². The van der Waals surface area contributed by atoms with Crippen molar-refractivity contribution >= 4 is 29.2 Å². The second-order valence-corrected chi connectivity index (χ2v) is 6.66. The van der Waals surface area contributed by atoms with E-state index >= 15 is 0 Å². The highest BCUT2D eigenvalue weighted by molar-refractivity contribution is 6.30. The van der Waals surface area contributed by atoms with Crippen molar-refractivity contribution in [2.24, 2.45) is 5.92 Å². The number of carbonyl (C=O) groups excluding carboxylic acids is 2. The van der Waals surface area contributed by atoms with E-state index < -0.39 is 23.9 Å². The molecule has 0 aromatic heterocycles. The van der Waals surface area contributed by atoms with E-state index in [1.807, 2.05) is 0 Å². The third kappa shape index (κ3) is 4.92. The molecule has 1 unspecified atom stereocenters. The summed E-state index contributed by atoms with van der Waals surface area (Å²) in [6.07, 6.45) is 0. The van der Waals surface area contributed by atoms with E-state index in [4.69, 9.17) is 30.5 Å². The maximum absolute atomic E-state index is 12.7. The lowest BCUT2D eigenvalue weighted by Crippen LogP contribution is -2.36. The van der Waals surface area contributed by atoms with Gasteiger partial charge in [0, 0.05) is 10.7 Å². The minimum absolute atomic E-state index is 0.118. The number of fused-ring (bicyclic) bond motifs is 1. The van der Waals surface area contributed by atoms with Gasteiger partial charge in [0.15, 0.2) is 17.4 Å². The maximum atomic E-state index is 12.7. The maximum Gasteiger partial charge on any atom is 0.322 e. The number of benzene rings is 2. The highest BCUT2D eigenvalue weighted by atomic mass is 35.5. The van der Waals surface area contributed by atoms with Crippen LogP contribution >= 0.6 is 11.6 Å². The van der Waals surface area contributed by atoms with Gasteiger partial charge < -0.3 is 24.3 Å². The monoisotopic (exact) mass is 419 g/mol. The van der Waals surface area contributed by atoms with Gasteiger partial charge in [0.25, 0.3) is 0 Å². The van der Waals surface area contributed by atoms with Gasteiger partial charge in [-0.1, -0.05) is 17.7 Å². The number of ether oxygens (including phenoxy) is 4. The van der Waals surface area contributed by atoms with Crippen LogP contribution < -0.4 is 14.8 Å². The molecule has 1 aliphatic heterocycles. The second kappa shape index (κ2) is 9.52. The summed E-state index contributed by atoms with van der Waals surface area (Å²) in [5.74, 6) is -1.42. The number of nitrogens with one attached hydrogen (secondary N) is 1. The minimum Gasteiger partial charge on any atom is -0.465 e. The molecule has 3 rings (SSSR count). The van der Waals surface area contributed by atoms with Gasteiger partial charge in [-0.15, -0.1) is 0 Å². The summed E-state index contributed by atoms with van der Waals surface area (Å²) in [6, 6.07) is 11.4. The molecule has 1 atom stereocenters. The van der Waals surface area contributed by atoms with Crippen LogP contribution in [0, 0.1) is 5.92 Å². The summed E-state index contributed by atoms with van der Waals surface area (Å²) in [5, 5.41) is 3.81. The fraction of sp³-hybridized carbons (Fsp3) is 0.333. The van der Waals surface area contributed by atoms with E-state index in [1.54, 1.807) is 56.3 Å². The lowest BCUT2D eigenvalue weighted by atomic mass is 9.92. The molecule has 0 fully saturated rings. The fourth-order valence-electron chi connectivity index (χ4n) is 3.02. The van der Waals surface area contributed by atoms with Gasteiger partial charge in [-0.25, -0.2) is 0 Å². The largest absolute Gasteiger partial charge is 0.465 e. The molecular weight excluding hydrogens is 398 g/mol. The number of halogens is 1. The van der Waals surface area contributed by atoms with Crippen molar-refractivity contribution in [3.8, 4) is 11.5 Å².